The first-order valence-electron chi connectivity index (χ1n) is 8.55. The fourth-order valence-corrected chi connectivity index (χ4v) is 3.18. The summed E-state index contributed by atoms with van der Waals surface area (Å²) < 4.78 is 7.66. The molecular formula is C18H19N5O3. The average molecular weight is 353 g/mol. The van der Waals surface area contributed by atoms with Crippen molar-refractivity contribution in [2.24, 2.45) is 0 Å². The number of aliphatic hydroxyl groups excluding tert-OH is 1. The number of amides is 1. The van der Waals surface area contributed by atoms with Crippen molar-refractivity contribution in [1.82, 2.24) is 19.5 Å². The van der Waals surface area contributed by atoms with Crippen LogP contribution >= 0.6 is 0 Å². The number of aliphatic hydroxyl groups is 1. The summed E-state index contributed by atoms with van der Waals surface area (Å²) in [5.74, 6) is 0.0759. The maximum atomic E-state index is 12.4. The van der Waals surface area contributed by atoms with E-state index < -0.39 is 6.10 Å². The second-order valence-electron chi connectivity index (χ2n) is 6.21. The predicted molar refractivity (Wildman–Crippen MR) is 94.5 cm³/mol. The molecule has 1 fully saturated rings. The maximum absolute atomic E-state index is 12.4. The van der Waals surface area contributed by atoms with Crippen LogP contribution in [0, 0.1) is 0 Å². The van der Waals surface area contributed by atoms with Crippen LogP contribution < -0.4 is 5.32 Å². The number of imidazole rings is 1. The third-order valence-corrected chi connectivity index (χ3v) is 4.54. The number of aromatic nitrogens is 4. The summed E-state index contributed by atoms with van der Waals surface area (Å²) in [6.07, 6.45) is 3.14. The van der Waals surface area contributed by atoms with Gasteiger partial charge in [0.05, 0.1) is 18.5 Å². The highest BCUT2D eigenvalue weighted by Crippen LogP contribution is 2.32. The molecule has 0 aliphatic carbocycles. The van der Waals surface area contributed by atoms with Crippen molar-refractivity contribution in [2.45, 2.75) is 38.2 Å². The highest BCUT2D eigenvalue weighted by atomic mass is 16.5. The van der Waals surface area contributed by atoms with Gasteiger partial charge in [-0.25, -0.2) is 15.0 Å². The van der Waals surface area contributed by atoms with Crippen molar-refractivity contribution in [3.63, 3.8) is 0 Å². The Morgan fingerprint density at radius 2 is 2.12 bits per heavy atom. The van der Waals surface area contributed by atoms with Gasteiger partial charge in [0.25, 0.3) is 5.91 Å². The molecule has 0 unspecified atom stereocenters. The number of rotatable bonds is 4. The zero-order valence-electron chi connectivity index (χ0n) is 14.2. The SMILES string of the molecule is CC[C@H]1O[C@@H](n2cnc3c(NC(=O)c4ccccc4)ncnc32)C[C@@H]1O. The van der Waals surface area contributed by atoms with Crippen LogP contribution in [0.1, 0.15) is 36.4 Å². The standard InChI is InChI=1S/C18H19N5O3/c1-2-13-12(24)8-14(26-13)23-10-21-15-16(19-9-20-17(15)23)22-18(25)11-6-4-3-5-7-11/h3-7,9-10,12-14,24H,2,8H2,1H3,(H,19,20,22,25)/t12-,13+,14+/m0/s1. The van der Waals surface area contributed by atoms with E-state index in [1.54, 1.807) is 35.2 Å². The second-order valence-corrected chi connectivity index (χ2v) is 6.21. The summed E-state index contributed by atoms with van der Waals surface area (Å²) in [5.41, 5.74) is 1.57. The topological polar surface area (TPSA) is 102 Å². The molecule has 2 N–H and O–H groups in total. The number of carbonyl (C=O) groups is 1. The molecule has 8 heteroatoms. The summed E-state index contributed by atoms with van der Waals surface area (Å²) in [7, 11) is 0. The zero-order valence-corrected chi connectivity index (χ0v) is 14.2. The Balaban J connectivity index is 1.63. The molecule has 1 aliphatic rings. The number of ether oxygens (including phenoxy) is 1. The molecule has 0 radical (unpaired) electrons. The summed E-state index contributed by atoms with van der Waals surface area (Å²) in [5, 5.41) is 12.9. The van der Waals surface area contributed by atoms with Crippen molar-refractivity contribution >= 4 is 22.9 Å². The van der Waals surface area contributed by atoms with Crippen molar-refractivity contribution in [2.75, 3.05) is 5.32 Å². The van der Waals surface area contributed by atoms with Gasteiger partial charge in [-0.1, -0.05) is 25.1 Å². The number of nitrogens with one attached hydrogen (secondary N) is 1. The molecule has 26 heavy (non-hydrogen) atoms. The fourth-order valence-electron chi connectivity index (χ4n) is 3.18. The van der Waals surface area contributed by atoms with E-state index in [2.05, 4.69) is 20.3 Å². The molecule has 134 valence electrons. The molecule has 0 saturated carbocycles. The molecule has 3 atom stereocenters. The Morgan fingerprint density at radius 3 is 2.85 bits per heavy atom. The first-order chi connectivity index (χ1) is 12.7. The van der Waals surface area contributed by atoms with Crippen LogP contribution in [0.15, 0.2) is 43.0 Å². The van der Waals surface area contributed by atoms with Crippen molar-refractivity contribution in [3.05, 3.63) is 48.5 Å². The third-order valence-electron chi connectivity index (χ3n) is 4.54. The number of nitrogens with zero attached hydrogens (tertiary/aromatic N) is 4. The lowest BCUT2D eigenvalue weighted by atomic mass is 10.1. The van der Waals surface area contributed by atoms with Gasteiger partial charge in [0.15, 0.2) is 17.0 Å². The molecule has 1 aliphatic heterocycles. The predicted octanol–water partition coefficient (Wildman–Crippen LogP) is 2.14. The van der Waals surface area contributed by atoms with Crippen LogP contribution in [-0.2, 0) is 4.74 Å². The Bertz CT molecular complexity index is 927. The van der Waals surface area contributed by atoms with Crippen LogP contribution in [0.25, 0.3) is 11.2 Å². The van der Waals surface area contributed by atoms with E-state index in [1.807, 2.05) is 13.0 Å². The van der Waals surface area contributed by atoms with Crippen LogP contribution in [0.2, 0.25) is 0 Å². The largest absolute Gasteiger partial charge is 0.390 e. The molecule has 2 aromatic heterocycles. The van der Waals surface area contributed by atoms with Crippen molar-refractivity contribution in [3.8, 4) is 0 Å². The van der Waals surface area contributed by atoms with Crippen molar-refractivity contribution in [1.29, 1.82) is 0 Å². The number of hydrogen-bond acceptors (Lipinski definition) is 6. The molecule has 3 aromatic rings. The lowest BCUT2D eigenvalue weighted by molar-refractivity contribution is -0.0183. The van der Waals surface area contributed by atoms with E-state index in [0.717, 1.165) is 6.42 Å². The van der Waals surface area contributed by atoms with Gasteiger partial charge in [-0.15, -0.1) is 0 Å². The monoisotopic (exact) mass is 353 g/mol. The molecule has 8 nitrogen and oxygen atoms in total. The molecule has 4 rings (SSSR count). The molecule has 0 spiro atoms. The van der Waals surface area contributed by atoms with Crippen LogP contribution in [0.3, 0.4) is 0 Å². The first kappa shape index (κ1) is 16.6. The fraction of sp³-hybridized carbons (Fsp3) is 0.333. The van der Waals surface area contributed by atoms with Gasteiger partial charge in [-0.2, -0.15) is 0 Å². The van der Waals surface area contributed by atoms with Crippen LogP contribution in [0.4, 0.5) is 5.82 Å². The van der Waals surface area contributed by atoms with Crippen molar-refractivity contribution < 1.29 is 14.6 Å². The van der Waals surface area contributed by atoms with E-state index in [9.17, 15) is 9.90 Å². The minimum Gasteiger partial charge on any atom is -0.390 e. The van der Waals surface area contributed by atoms with E-state index in [4.69, 9.17) is 4.74 Å². The van der Waals surface area contributed by atoms with Gasteiger partial charge in [-0.3, -0.25) is 9.36 Å². The quantitative estimate of drug-likeness (QED) is 0.745. The second kappa shape index (κ2) is 6.81. The highest BCUT2D eigenvalue weighted by molar-refractivity contribution is 6.06. The third kappa shape index (κ3) is 2.93. The molecular weight excluding hydrogens is 334 g/mol. The Hall–Kier alpha value is -2.84. The van der Waals surface area contributed by atoms with Gasteiger partial charge >= 0.3 is 0 Å². The zero-order chi connectivity index (χ0) is 18.1. The molecule has 0 bridgehead atoms. The number of anilines is 1. The first-order valence-corrected chi connectivity index (χ1v) is 8.55. The van der Waals surface area contributed by atoms with E-state index in [-0.39, 0.29) is 18.2 Å². The summed E-state index contributed by atoms with van der Waals surface area (Å²) in [6, 6.07) is 8.90. The maximum Gasteiger partial charge on any atom is 0.256 e. The smallest absolute Gasteiger partial charge is 0.256 e. The van der Waals surface area contributed by atoms with E-state index in [0.29, 0.717) is 29.0 Å². The summed E-state index contributed by atoms with van der Waals surface area (Å²) in [4.78, 5) is 25.2. The molecule has 1 amide bonds. The van der Waals surface area contributed by atoms with Gasteiger partial charge in [-0.05, 0) is 18.6 Å². The Kier molecular flexibility index (Phi) is 4.36. The Morgan fingerprint density at radius 1 is 1.31 bits per heavy atom. The highest BCUT2D eigenvalue weighted by Gasteiger charge is 2.34. The minimum absolute atomic E-state index is 0.198. The Labute approximate surface area is 149 Å². The summed E-state index contributed by atoms with van der Waals surface area (Å²) in [6.45, 7) is 1.97. The lowest BCUT2D eigenvalue weighted by Gasteiger charge is -2.14. The number of benzene rings is 1. The van der Waals surface area contributed by atoms with Gasteiger partial charge < -0.3 is 15.2 Å². The summed E-state index contributed by atoms with van der Waals surface area (Å²) >= 11 is 0. The average Bonchev–Trinajstić information content (AvgIpc) is 3.26. The van der Waals surface area contributed by atoms with E-state index in [1.165, 1.54) is 6.33 Å². The lowest BCUT2D eigenvalue weighted by Crippen LogP contribution is -2.19. The number of fused-ring (bicyclic) bond motifs is 1. The number of carbonyl (C=O) groups excluding carboxylic acids is 1. The number of hydrogen-bond donors (Lipinski definition) is 2. The van der Waals surface area contributed by atoms with E-state index >= 15 is 0 Å². The molecule has 3 heterocycles. The van der Waals surface area contributed by atoms with Gasteiger partial charge in [0, 0.05) is 12.0 Å². The molecule has 1 aromatic carbocycles. The minimum atomic E-state index is -0.512. The van der Waals surface area contributed by atoms with Crippen LogP contribution in [0.5, 0.6) is 0 Å². The van der Waals surface area contributed by atoms with Crippen LogP contribution in [-0.4, -0.2) is 42.7 Å². The normalized spacial score (nSPS) is 22.6. The van der Waals surface area contributed by atoms with Gasteiger partial charge in [0.2, 0.25) is 0 Å². The molecule has 1 saturated heterocycles. The van der Waals surface area contributed by atoms with Gasteiger partial charge in [0.1, 0.15) is 12.6 Å².